The van der Waals surface area contributed by atoms with E-state index in [1.807, 2.05) is 34.6 Å². The number of phosphoric acid groups is 1. The van der Waals surface area contributed by atoms with Crippen molar-refractivity contribution < 1.29 is 32.4 Å². The maximum Gasteiger partial charge on any atom is 0.475 e. The minimum absolute atomic E-state index is 0.0190. The lowest BCUT2D eigenvalue weighted by Crippen LogP contribution is -2.39. The van der Waals surface area contributed by atoms with Crippen LogP contribution in [0.2, 0.25) is 0 Å². The van der Waals surface area contributed by atoms with E-state index in [9.17, 15) is 9.36 Å². The number of hydrogen-bond donors (Lipinski definition) is 0. The molecule has 0 N–H and O–H groups in total. The summed E-state index contributed by atoms with van der Waals surface area (Å²) < 4.78 is 40.9. The molecule has 0 aliphatic carbocycles. The number of hydrogen-bond acceptors (Lipinski definition) is 8. The van der Waals surface area contributed by atoms with Crippen LogP contribution in [0.1, 0.15) is 74.7 Å². The summed E-state index contributed by atoms with van der Waals surface area (Å²) in [5, 5.41) is 0. The van der Waals surface area contributed by atoms with E-state index < -0.39 is 24.4 Å². The summed E-state index contributed by atoms with van der Waals surface area (Å²) in [6, 6.07) is 0. The Bertz CT molecular complexity index is 595. The molecule has 1 unspecified atom stereocenters. The first-order valence-corrected chi connectivity index (χ1v) is 12.8. The second-order valence-corrected chi connectivity index (χ2v) is 11.8. The van der Waals surface area contributed by atoms with Crippen LogP contribution < -0.4 is 0 Å². The second-order valence-electron chi connectivity index (χ2n) is 10.3. The van der Waals surface area contributed by atoms with Gasteiger partial charge in [-0.05, 0) is 67.9 Å². The van der Waals surface area contributed by atoms with Crippen LogP contribution in [-0.4, -0.2) is 68.1 Å². The SMILES string of the molecule is CCCC(C)(C)OP(=O)(OCCOC(=O)C(C)(C)CCN1CCOCC1)OC(C)(C)C. The summed E-state index contributed by atoms with van der Waals surface area (Å²) in [5.41, 5.74) is -1.99. The molecule has 0 saturated carbocycles. The molecule has 1 aliphatic heterocycles. The first kappa shape index (κ1) is 28.5. The van der Waals surface area contributed by atoms with Crippen LogP contribution in [0.5, 0.6) is 0 Å². The zero-order valence-electron chi connectivity index (χ0n) is 20.8. The Labute approximate surface area is 188 Å². The average Bonchev–Trinajstić information content (AvgIpc) is 2.62. The van der Waals surface area contributed by atoms with Gasteiger partial charge in [-0.3, -0.25) is 23.3 Å². The van der Waals surface area contributed by atoms with E-state index in [0.29, 0.717) is 12.8 Å². The Balaban J connectivity index is 2.53. The van der Waals surface area contributed by atoms with E-state index >= 15 is 0 Å². The molecule has 184 valence electrons. The lowest BCUT2D eigenvalue weighted by molar-refractivity contribution is -0.155. The third-order valence-corrected chi connectivity index (χ3v) is 6.86. The van der Waals surface area contributed by atoms with Crippen LogP contribution in [0.25, 0.3) is 0 Å². The van der Waals surface area contributed by atoms with Gasteiger partial charge < -0.3 is 9.47 Å². The number of carbonyl (C=O) groups is 1. The normalized spacial score (nSPS) is 18.6. The summed E-state index contributed by atoms with van der Waals surface area (Å²) in [6.07, 6.45) is 2.27. The van der Waals surface area contributed by atoms with E-state index in [-0.39, 0.29) is 19.2 Å². The third kappa shape index (κ3) is 11.8. The third-order valence-electron chi connectivity index (χ3n) is 4.87. The van der Waals surface area contributed by atoms with Crippen molar-refractivity contribution in [2.45, 2.75) is 85.9 Å². The van der Waals surface area contributed by atoms with Crippen LogP contribution in [0.15, 0.2) is 0 Å². The molecule has 0 bridgehead atoms. The fourth-order valence-electron chi connectivity index (χ4n) is 3.20. The van der Waals surface area contributed by atoms with Gasteiger partial charge in [-0.1, -0.05) is 13.3 Å². The van der Waals surface area contributed by atoms with Crippen molar-refractivity contribution in [3.63, 3.8) is 0 Å². The van der Waals surface area contributed by atoms with Gasteiger partial charge in [0.05, 0.1) is 36.4 Å². The van der Waals surface area contributed by atoms with Crippen molar-refractivity contribution in [3.8, 4) is 0 Å². The fraction of sp³-hybridized carbons (Fsp3) is 0.955. The topological polar surface area (TPSA) is 83.5 Å². The summed E-state index contributed by atoms with van der Waals surface area (Å²) in [6.45, 7) is 18.8. The van der Waals surface area contributed by atoms with Crippen molar-refractivity contribution >= 4 is 13.8 Å². The van der Waals surface area contributed by atoms with Gasteiger partial charge in [-0.25, -0.2) is 4.57 Å². The van der Waals surface area contributed by atoms with Gasteiger partial charge >= 0.3 is 13.8 Å². The largest absolute Gasteiger partial charge is 0.475 e. The maximum absolute atomic E-state index is 13.2. The second kappa shape index (κ2) is 12.1. The quantitative estimate of drug-likeness (QED) is 0.218. The Kier molecular flexibility index (Phi) is 11.1. The molecule has 8 nitrogen and oxygen atoms in total. The van der Waals surface area contributed by atoms with Gasteiger partial charge in [0.15, 0.2) is 0 Å². The predicted molar refractivity (Wildman–Crippen MR) is 121 cm³/mol. The van der Waals surface area contributed by atoms with Gasteiger partial charge in [0, 0.05) is 13.1 Å². The summed E-state index contributed by atoms with van der Waals surface area (Å²) in [7, 11) is -3.83. The maximum atomic E-state index is 13.2. The number of rotatable bonds is 13. The molecule has 0 spiro atoms. The molecule has 1 aliphatic rings. The minimum atomic E-state index is -3.83. The molecule has 9 heteroatoms. The van der Waals surface area contributed by atoms with Gasteiger partial charge in [-0.2, -0.15) is 0 Å². The number of nitrogens with zero attached hydrogens (tertiary/aromatic N) is 1. The number of ether oxygens (including phenoxy) is 2. The molecule has 1 rings (SSSR count). The van der Waals surface area contributed by atoms with Gasteiger partial charge in [0.25, 0.3) is 0 Å². The standard InChI is InChI=1S/C22H44NO7P/c1-9-10-22(7,8)30-31(25,29-20(2,3)4)28-18-17-27-19(24)21(5,6)11-12-23-13-15-26-16-14-23/h9-18H2,1-8H3. The van der Waals surface area contributed by atoms with E-state index in [4.69, 9.17) is 23.0 Å². The highest BCUT2D eigenvalue weighted by Crippen LogP contribution is 2.55. The average molecular weight is 466 g/mol. The van der Waals surface area contributed by atoms with Gasteiger partial charge in [0.1, 0.15) is 6.61 Å². The highest BCUT2D eigenvalue weighted by atomic mass is 31.2. The molecule has 31 heavy (non-hydrogen) atoms. The van der Waals surface area contributed by atoms with Crippen LogP contribution in [0, 0.1) is 5.41 Å². The van der Waals surface area contributed by atoms with E-state index in [2.05, 4.69) is 4.90 Å². The number of esters is 1. The molecule has 0 aromatic rings. The molecule has 0 amide bonds. The Morgan fingerprint density at radius 1 is 0.968 bits per heavy atom. The molecular weight excluding hydrogens is 421 g/mol. The van der Waals surface area contributed by atoms with Gasteiger partial charge in [0.2, 0.25) is 0 Å². The number of phosphoric ester groups is 1. The number of morpholine rings is 1. The van der Waals surface area contributed by atoms with Crippen molar-refractivity contribution in [2.24, 2.45) is 5.41 Å². The molecule has 1 saturated heterocycles. The summed E-state index contributed by atoms with van der Waals surface area (Å²) in [5.74, 6) is -0.303. The minimum Gasteiger partial charge on any atom is -0.463 e. The lowest BCUT2D eigenvalue weighted by Gasteiger charge is -2.33. The van der Waals surface area contributed by atoms with Crippen LogP contribution in [0.4, 0.5) is 0 Å². The molecule has 1 atom stereocenters. The zero-order valence-corrected chi connectivity index (χ0v) is 21.7. The Morgan fingerprint density at radius 2 is 1.58 bits per heavy atom. The Hall–Kier alpha value is -0.500. The van der Waals surface area contributed by atoms with Crippen molar-refractivity contribution in [2.75, 3.05) is 46.1 Å². The molecule has 0 aromatic carbocycles. The molecular formula is C22H44NO7P. The highest BCUT2D eigenvalue weighted by Gasteiger charge is 2.39. The molecule has 0 aromatic heterocycles. The molecule has 1 fully saturated rings. The first-order chi connectivity index (χ1) is 14.2. The van der Waals surface area contributed by atoms with Crippen molar-refractivity contribution in [1.82, 2.24) is 4.90 Å². The van der Waals surface area contributed by atoms with Gasteiger partial charge in [-0.15, -0.1) is 0 Å². The van der Waals surface area contributed by atoms with Crippen molar-refractivity contribution in [3.05, 3.63) is 0 Å². The lowest BCUT2D eigenvalue weighted by atomic mass is 9.89. The highest BCUT2D eigenvalue weighted by molar-refractivity contribution is 7.48. The molecule has 1 heterocycles. The van der Waals surface area contributed by atoms with E-state index in [1.165, 1.54) is 0 Å². The van der Waals surface area contributed by atoms with Crippen molar-refractivity contribution in [1.29, 1.82) is 0 Å². The molecule has 0 radical (unpaired) electrons. The number of carbonyl (C=O) groups excluding carboxylic acids is 1. The monoisotopic (exact) mass is 465 g/mol. The summed E-state index contributed by atoms with van der Waals surface area (Å²) in [4.78, 5) is 14.8. The van der Waals surface area contributed by atoms with Crippen LogP contribution >= 0.6 is 7.82 Å². The summed E-state index contributed by atoms with van der Waals surface area (Å²) >= 11 is 0. The zero-order chi connectivity index (χ0) is 23.8. The van der Waals surface area contributed by atoms with Crippen LogP contribution in [0.3, 0.4) is 0 Å². The van der Waals surface area contributed by atoms with E-state index in [0.717, 1.165) is 39.3 Å². The Morgan fingerprint density at radius 3 is 2.13 bits per heavy atom. The van der Waals surface area contributed by atoms with Crippen LogP contribution in [-0.2, 0) is 32.4 Å². The first-order valence-electron chi connectivity index (χ1n) is 11.3. The predicted octanol–water partition coefficient (Wildman–Crippen LogP) is 4.81. The van der Waals surface area contributed by atoms with E-state index in [1.54, 1.807) is 20.8 Å². The smallest absolute Gasteiger partial charge is 0.463 e. The fourth-order valence-corrected chi connectivity index (χ4v) is 5.01.